The Kier molecular flexibility index (Phi) is 3.60. The highest BCUT2D eigenvalue weighted by molar-refractivity contribution is 6.49. The Bertz CT molecular complexity index is 891. The minimum Gasteiger partial charge on any atom is -0.285 e. The van der Waals surface area contributed by atoms with Crippen LogP contribution in [0.25, 0.3) is 10.8 Å². The van der Waals surface area contributed by atoms with Crippen molar-refractivity contribution < 1.29 is 9.59 Å². The zero-order valence-electron chi connectivity index (χ0n) is 12.6. The Balaban J connectivity index is 2.01. The number of aryl methyl sites for hydroxylation is 2. The van der Waals surface area contributed by atoms with E-state index in [0.717, 1.165) is 21.9 Å². The van der Waals surface area contributed by atoms with Crippen LogP contribution in [0.5, 0.6) is 0 Å². The third-order valence-corrected chi connectivity index (χ3v) is 3.86. The van der Waals surface area contributed by atoms with Crippen molar-refractivity contribution in [2.75, 3.05) is 0 Å². The topological polar surface area (TPSA) is 34.1 Å². The molecule has 22 heavy (non-hydrogen) atoms. The summed E-state index contributed by atoms with van der Waals surface area (Å²) in [5.74, 6) is -0.907. The van der Waals surface area contributed by atoms with Crippen LogP contribution >= 0.6 is 0 Å². The lowest BCUT2D eigenvalue weighted by Gasteiger charge is -2.06. The first-order valence-corrected chi connectivity index (χ1v) is 7.21. The minimum absolute atomic E-state index is 0.435. The van der Waals surface area contributed by atoms with E-state index in [1.807, 2.05) is 56.3 Å². The third-order valence-electron chi connectivity index (χ3n) is 3.86. The molecule has 0 spiro atoms. The van der Waals surface area contributed by atoms with Crippen LogP contribution in [-0.2, 0) is 0 Å². The maximum Gasteiger partial charge on any atom is 0.233 e. The first-order chi connectivity index (χ1) is 10.6. The van der Waals surface area contributed by atoms with Gasteiger partial charge in [-0.05, 0) is 42.3 Å². The van der Waals surface area contributed by atoms with Gasteiger partial charge in [0.15, 0.2) is 0 Å². The smallest absolute Gasteiger partial charge is 0.233 e. The molecule has 0 N–H and O–H groups in total. The number of ketones is 2. The number of hydrogen-bond donors (Lipinski definition) is 0. The van der Waals surface area contributed by atoms with Gasteiger partial charge in [0.25, 0.3) is 0 Å². The normalized spacial score (nSPS) is 10.6. The van der Waals surface area contributed by atoms with Crippen LogP contribution in [0.15, 0.2) is 60.7 Å². The van der Waals surface area contributed by atoms with Gasteiger partial charge in [-0.2, -0.15) is 0 Å². The van der Waals surface area contributed by atoms with E-state index in [1.54, 1.807) is 18.2 Å². The van der Waals surface area contributed by atoms with Gasteiger partial charge in [-0.15, -0.1) is 0 Å². The molecule has 0 saturated heterocycles. The largest absolute Gasteiger partial charge is 0.285 e. The number of fused-ring (bicyclic) bond motifs is 1. The predicted molar refractivity (Wildman–Crippen MR) is 88.5 cm³/mol. The highest BCUT2D eigenvalue weighted by atomic mass is 16.2. The van der Waals surface area contributed by atoms with Gasteiger partial charge in [0.1, 0.15) is 0 Å². The zero-order chi connectivity index (χ0) is 15.7. The standard InChI is InChI=1S/C20H16O2/c1-13-7-8-14(2)18(11-13)20(22)19(21)17-10-9-15-5-3-4-6-16(15)12-17/h3-12H,1-2H3. The van der Waals surface area contributed by atoms with E-state index in [0.29, 0.717) is 11.1 Å². The van der Waals surface area contributed by atoms with Gasteiger partial charge in [-0.25, -0.2) is 0 Å². The first kappa shape index (κ1) is 14.2. The SMILES string of the molecule is Cc1ccc(C)c(C(=O)C(=O)c2ccc3ccccc3c2)c1. The Labute approximate surface area is 129 Å². The molecule has 0 fully saturated rings. The molecule has 0 aliphatic carbocycles. The molecule has 3 aromatic rings. The molecule has 2 nitrogen and oxygen atoms in total. The summed E-state index contributed by atoms with van der Waals surface area (Å²) in [6, 6.07) is 18.7. The molecule has 0 unspecified atom stereocenters. The number of Topliss-reactive ketones (excluding diaryl/α,β-unsaturated/α-hetero) is 2. The van der Waals surface area contributed by atoms with Crippen molar-refractivity contribution in [2.45, 2.75) is 13.8 Å². The molecule has 108 valence electrons. The van der Waals surface area contributed by atoms with E-state index < -0.39 is 11.6 Å². The molecule has 0 atom stereocenters. The quantitative estimate of drug-likeness (QED) is 0.524. The molecule has 0 heterocycles. The van der Waals surface area contributed by atoms with Crippen molar-refractivity contribution >= 4 is 22.3 Å². The molecule has 3 rings (SSSR count). The lowest BCUT2D eigenvalue weighted by Crippen LogP contribution is -2.15. The summed E-state index contributed by atoms with van der Waals surface area (Å²) < 4.78 is 0. The van der Waals surface area contributed by atoms with Crippen LogP contribution in [-0.4, -0.2) is 11.6 Å². The van der Waals surface area contributed by atoms with Gasteiger partial charge in [-0.3, -0.25) is 9.59 Å². The van der Waals surface area contributed by atoms with Gasteiger partial charge < -0.3 is 0 Å². The highest BCUT2D eigenvalue weighted by Gasteiger charge is 2.20. The maximum atomic E-state index is 12.5. The van der Waals surface area contributed by atoms with E-state index in [1.165, 1.54) is 0 Å². The molecule has 0 aliphatic heterocycles. The molecule has 0 bridgehead atoms. The van der Waals surface area contributed by atoms with E-state index in [-0.39, 0.29) is 0 Å². The second-order valence-electron chi connectivity index (χ2n) is 5.54. The Morgan fingerprint density at radius 1 is 0.727 bits per heavy atom. The van der Waals surface area contributed by atoms with Gasteiger partial charge in [0.2, 0.25) is 11.6 Å². The van der Waals surface area contributed by atoms with Gasteiger partial charge in [0, 0.05) is 11.1 Å². The highest BCUT2D eigenvalue weighted by Crippen LogP contribution is 2.19. The van der Waals surface area contributed by atoms with Crippen molar-refractivity contribution in [3.05, 3.63) is 82.9 Å². The Morgan fingerprint density at radius 2 is 1.45 bits per heavy atom. The predicted octanol–water partition coefficient (Wildman–Crippen LogP) is 4.52. The maximum absolute atomic E-state index is 12.5. The van der Waals surface area contributed by atoms with E-state index >= 15 is 0 Å². The van der Waals surface area contributed by atoms with Crippen LogP contribution < -0.4 is 0 Å². The second kappa shape index (κ2) is 5.57. The van der Waals surface area contributed by atoms with Gasteiger partial charge in [-0.1, -0.05) is 54.1 Å². The van der Waals surface area contributed by atoms with E-state index in [4.69, 9.17) is 0 Å². The average molecular weight is 288 g/mol. The number of carbonyl (C=O) groups excluding carboxylic acids is 2. The molecule has 0 radical (unpaired) electrons. The van der Waals surface area contributed by atoms with E-state index in [2.05, 4.69) is 0 Å². The van der Waals surface area contributed by atoms with E-state index in [9.17, 15) is 9.59 Å². The van der Waals surface area contributed by atoms with Crippen molar-refractivity contribution in [3.63, 3.8) is 0 Å². The monoisotopic (exact) mass is 288 g/mol. The number of carbonyl (C=O) groups is 2. The summed E-state index contributed by atoms with van der Waals surface area (Å²) in [6.07, 6.45) is 0. The summed E-state index contributed by atoms with van der Waals surface area (Å²) in [4.78, 5) is 25.0. The van der Waals surface area contributed by atoms with Crippen LogP contribution in [0.1, 0.15) is 31.8 Å². The fraction of sp³-hybridized carbons (Fsp3) is 0.100. The number of benzene rings is 3. The minimum atomic E-state index is -0.459. The molecule has 0 saturated carbocycles. The lowest BCUT2D eigenvalue weighted by atomic mass is 9.95. The third kappa shape index (κ3) is 2.56. The molecule has 3 aromatic carbocycles. The van der Waals surface area contributed by atoms with Gasteiger partial charge >= 0.3 is 0 Å². The summed E-state index contributed by atoms with van der Waals surface area (Å²) in [6.45, 7) is 3.76. The zero-order valence-corrected chi connectivity index (χ0v) is 12.6. The fourth-order valence-corrected chi connectivity index (χ4v) is 2.56. The van der Waals surface area contributed by atoms with Crippen molar-refractivity contribution in [1.82, 2.24) is 0 Å². The molecule has 2 heteroatoms. The summed E-state index contributed by atoms with van der Waals surface area (Å²) >= 11 is 0. The molecular formula is C20H16O2. The summed E-state index contributed by atoms with van der Waals surface area (Å²) in [7, 11) is 0. The average Bonchev–Trinajstić information content (AvgIpc) is 2.55. The van der Waals surface area contributed by atoms with Crippen LogP contribution in [0.3, 0.4) is 0 Å². The van der Waals surface area contributed by atoms with Crippen LogP contribution in [0.4, 0.5) is 0 Å². The molecule has 0 amide bonds. The van der Waals surface area contributed by atoms with Crippen molar-refractivity contribution in [1.29, 1.82) is 0 Å². The lowest BCUT2D eigenvalue weighted by molar-refractivity contribution is 0.0816. The Morgan fingerprint density at radius 3 is 2.23 bits per heavy atom. The van der Waals surface area contributed by atoms with Crippen LogP contribution in [0, 0.1) is 13.8 Å². The molecule has 0 aliphatic rings. The molecule has 0 aromatic heterocycles. The number of rotatable bonds is 3. The Hall–Kier alpha value is -2.74. The summed E-state index contributed by atoms with van der Waals surface area (Å²) in [5, 5.41) is 2.01. The fourth-order valence-electron chi connectivity index (χ4n) is 2.56. The van der Waals surface area contributed by atoms with Crippen molar-refractivity contribution in [3.8, 4) is 0 Å². The second-order valence-corrected chi connectivity index (χ2v) is 5.54. The van der Waals surface area contributed by atoms with Gasteiger partial charge in [0.05, 0.1) is 0 Å². The van der Waals surface area contributed by atoms with Crippen molar-refractivity contribution in [2.24, 2.45) is 0 Å². The molecular weight excluding hydrogens is 272 g/mol. The first-order valence-electron chi connectivity index (χ1n) is 7.21. The summed E-state index contributed by atoms with van der Waals surface area (Å²) in [5.41, 5.74) is 2.72. The van der Waals surface area contributed by atoms with Crippen LogP contribution in [0.2, 0.25) is 0 Å². The number of hydrogen-bond acceptors (Lipinski definition) is 2.